The Labute approximate surface area is 163 Å². The van der Waals surface area contributed by atoms with Crippen molar-refractivity contribution in [2.24, 2.45) is 0 Å². The van der Waals surface area contributed by atoms with Crippen molar-refractivity contribution >= 4 is 34.0 Å². The van der Waals surface area contributed by atoms with Gasteiger partial charge < -0.3 is 9.80 Å². The van der Waals surface area contributed by atoms with E-state index in [0.717, 1.165) is 29.1 Å². The molecular weight excluding hydrogens is 362 g/mol. The zero-order chi connectivity index (χ0) is 19.4. The molecule has 1 aromatic carbocycles. The molecule has 27 heavy (non-hydrogen) atoms. The van der Waals surface area contributed by atoms with Crippen LogP contribution < -0.4 is 10.2 Å². The van der Waals surface area contributed by atoms with E-state index in [1.54, 1.807) is 4.90 Å². The average molecular weight is 388 g/mol. The van der Waals surface area contributed by atoms with Gasteiger partial charge in [0.15, 0.2) is 0 Å². The number of carbonyl (C=O) groups excluding carboxylic acids is 2. The number of anilines is 2. The summed E-state index contributed by atoms with van der Waals surface area (Å²) in [6.45, 7) is 2.62. The average Bonchev–Trinajstić information content (AvgIpc) is 3.31. The Morgan fingerprint density at radius 3 is 2.67 bits per heavy atom. The summed E-state index contributed by atoms with van der Waals surface area (Å²) in [5.74, 6) is -0.128. The fraction of sp³-hybridized carbons (Fsp3) is 0.474. The summed E-state index contributed by atoms with van der Waals surface area (Å²) < 4.78 is 0. The molecule has 1 saturated heterocycles. The zero-order valence-corrected chi connectivity index (χ0v) is 16.8. The highest BCUT2D eigenvalue weighted by Gasteiger charge is 2.33. The molecule has 0 aliphatic carbocycles. The number of hydrogen-bond acceptors (Lipinski definition) is 6. The topological polar surface area (TPSA) is 78.4 Å². The molecule has 1 aliphatic rings. The molecule has 2 amide bonds. The van der Waals surface area contributed by atoms with Gasteiger partial charge in [0.1, 0.15) is 11.0 Å². The Bertz CT molecular complexity index is 803. The van der Waals surface area contributed by atoms with Crippen LogP contribution in [-0.4, -0.2) is 53.6 Å². The number of nitrogens with zero attached hydrogens (tertiary/aromatic N) is 4. The SMILES string of the molecule is CCCC(=O)N1CCC[C@@H]1C(=O)Nc1nnc(-c2ccc(N(C)C)cc2)s1. The van der Waals surface area contributed by atoms with E-state index in [9.17, 15) is 9.59 Å². The molecule has 2 heterocycles. The van der Waals surface area contributed by atoms with Gasteiger partial charge in [-0.15, -0.1) is 10.2 Å². The van der Waals surface area contributed by atoms with Crippen molar-refractivity contribution in [1.29, 1.82) is 0 Å². The minimum Gasteiger partial charge on any atom is -0.378 e. The van der Waals surface area contributed by atoms with Crippen LogP contribution in [0.25, 0.3) is 10.6 Å². The second-order valence-corrected chi connectivity index (χ2v) is 7.82. The van der Waals surface area contributed by atoms with E-state index >= 15 is 0 Å². The highest BCUT2D eigenvalue weighted by atomic mass is 32.1. The van der Waals surface area contributed by atoms with Crippen LogP contribution in [0.15, 0.2) is 24.3 Å². The predicted octanol–water partition coefficient (Wildman–Crippen LogP) is 3.00. The summed E-state index contributed by atoms with van der Waals surface area (Å²) >= 11 is 1.34. The maximum Gasteiger partial charge on any atom is 0.249 e. The lowest BCUT2D eigenvalue weighted by Crippen LogP contribution is -2.43. The smallest absolute Gasteiger partial charge is 0.249 e. The predicted molar refractivity (Wildman–Crippen MR) is 108 cm³/mol. The number of likely N-dealkylation sites (tertiary alicyclic amines) is 1. The fourth-order valence-corrected chi connectivity index (χ4v) is 3.93. The van der Waals surface area contributed by atoms with Gasteiger partial charge in [0, 0.05) is 38.3 Å². The van der Waals surface area contributed by atoms with Crippen LogP contribution in [-0.2, 0) is 9.59 Å². The van der Waals surface area contributed by atoms with Crippen LogP contribution >= 0.6 is 11.3 Å². The molecule has 1 aliphatic heterocycles. The third kappa shape index (κ3) is 4.44. The van der Waals surface area contributed by atoms with E-state index in [-0.39, 0.29) is 11.8 Å². The summed E-state index contributed by atoms with van der Waals surface area (Å²) in [6.07, 6.45) is 2.82. The number of benzene rings is 1. The van der Waals surface area contributed by atoms with E-state index in [4.69, 9.17) is 0 Å². The van der Waals surface area contributed by atoms with Crippen LogP contribution in [0.4, 0.5) is 10.8 Å². The number of carbonyl (C=O) groups is 2. The van der Waals surface area contributed by atoms with Crippen molar-refractivity contribution < 1.29 is 9.59 Å². The van der Waals surface area contributed by atoms with Gasteiger partial charge in [-0.05, 0) is 43.5 Å². The second-order valence-electron chi connectivity index (χ2n) is 6.84. The van der Waals surface area contributed by atoms with E-state index in [0.29, 0.717) is 24.5 Å². The van der Waals surface area contributed by atoms with Gasteiger partial charge in [0.25, 0.3) is 0 Å². The fourth-order valence-electron chi connectivity index (χ4n) is 3.18. The minimum absolute atomic E-state index is 0.0501. The quantitative estimate of drug-likeness (QED) is 0.824. The van der Waals surface area contributed by atoms with Crippen LogP contribution in [0.2, 0.25) is 0 Å². The van der Waals surface area contributed by atoms with E-state index < -0.39 is 6.04 Å². The molecule has 0 unspecified atom stereocenters. The molecular formula is C19H25N5O2S. The van der Waals surface area contributed by atoms with Crippen molar-refractivity contribution in [3.8, 4) is 10.6 Å². The molecule has 0 saturated carbocycles. The largest absolute Gasteiger partial charge is 0.378 e. The number of amides is 2. The summed E-state index contributed by atoms with van der Waals surface area (Å²) in [5, 5.41) is 12.3. The lowest BCUT2D eigenvalue weighted by atomic mass is 10.2. The van der Waals surface area contributed by atoms with Gasteiger partial charge in [0.2, 0.25) is 16.9 Å². The highest BCUT2D eigenvalue weighted by Crippen LogP contribution is 2.28. The molecule has 7 nitrogen and oxygen atoms in total. The molecule has 2 aromatic rings. The van der Waals surface area contributed by atoms with Crippen molar-refractivity contribution in [2.45, 2.75) is 38.6 Å². The summed E-state index contributed by atoms with van der Waals surface area (Å²) in [5.41, 5.74) is 2.06. The monoisotopic (exact) mass is 387 g/mol. The van der Waals surface area contributed by atoms with Gasteiger partial charge in [-0.3, -0.25) is 14.9 Å². The number of aromatic nitrogens is 2. The molecule has 1 fully saturated rings. The molecule has 1 N–H and O–H groups in total. The van der Waals surface area contributed by atoms with Gasteiger partial charge >= 0.3 is 0 Å². The van der Waals surface area contributed by atoms with Crippen LogP contribution in [0.5, 0.6) is 0 Å². The van der Waals surface area contributed by atoms with Gasteiger partial charge in [-0.2, -0.15) is 0 Å². The number of rotatable bonds is 6. The first-order chi connectivity index (χ1) is 13.0. The normalized spacial score (nSPS) is 16.4. The maximum atomic E-state index is 12.6. The van der Waals surface area contributed by atoms with Crippen LogP contribution in [0.3, 0.4) is 0 Å². The van der Waals surface area contributed by atoms with E-state index in [1.165, 1.54) is 11.3 Å². The Morgan fingerprint density at radius 2 is 2.00 bits per heavy atom. The van der Waals surface area contributed by atoms with E-state index in [1.807, 2.05) is 50.2 Å². The first-order valence-electron chi connectivity index (χ1n) is 9.21. The molecule has 0 bridgehead atoms. The summed E-state index contributed by atoms with van der Waals surface area (Å²) in [4.78, 5) is 28.5. The van der Waals surface area contributed by atoms with Gasteiger partial charge in [-0.25, -0.2) is 0 Å². The van der Waals surface area contributed by atoms with E-state index in [2.05, 4.69) is 15.5 Å². The lowest BCUT2D eigenvalue weighted by molar-refractivity contribution is -0.136. The zero-order valence-electron chi connectivity index (χ0n) is 15.9. The van der Waals surface area contributed by atoms with Gasteiger partial charge in [0.05, 0.1) is 0 Å². The number of nitrogens with one attached hydrogen (secondary N) is 1. The van der Waals surface area contributed by atoms with Crippen molar-refractivity contribution in [3.05, 3.63) is 24.3 Å². The third-order valence-corrected chi connectivity index (χ3v) is 5.51. The molecule has 8 heteroatoms. The maximum absolute atomic E-state index is 12.6. The molecule has 1 aromatic heterocycles. The van der Waals surface area contributed by atoms with Gasteiger partial charge in [-0.1, -0.05) is 18.3 Å². The van der Waals surface area contributed by atoms with Crippen LogP contribution in [0, 0.1) is 0 Å². The molecule has 0 radical (unpaired) electrons. The Kier molecular flexibility index (Phi) is 6.05. The second kappa shape index (κ2) is 8.47. The Morgan fingerprint density at radius 1 is 1.26 bits per heavy atom. The summed E-state index contributed by atoms with van der Waals surface area (Å²) in [7, 11) is 3.98. The Hall–Kier alpha value is -2.48. The first kappa shape index (κ1) is 19.3. The lowest BCUT2D eigenvalue weighted by Gasteiger charge is -2.23. The minimum atomic E-state index is -0.407. The molecule has 144 valence electrons. The summed E-state index contributed by atoms with van der Waals surface area (Å²) in [6, 6.07) is 7.61. The standard InChI is InChI=1S/C19H25N5O2S/c1-4-6-16(25)24-12-5-7-15(24)17(26)20-19-22-21-18(27-19)13-8-10-14(11-9-13)23(2)3/h8-11,15H,4-7,12H2,1-3H3,(H,20,22,26)/t15-/m1/s1. The highest BCUT2D eigenvalue weighted by molar-refractivity contribution is 7.18. The first-order valence-corrected chi connectivity index (χ1v) is 10.0. The Balaban J connectivity index is 1.66. The van der Waals surface area contributed by atoms with Crippen molar-refractivity contribution in [3.63, 3.8) is 0 Å². The molecule has 0 spiro atoms. The van der Waals surface area contributed by atoms with Crippen LogP contribution in [0.1, 0.15) is 32.6 Å². The molecule has 3 rings (SSSR count). The number of hydrogen-bond donors (Lipinski definition) is 1. The molecule has 1 atom stereocenters. The van der Waals surface area contributed by atoms with Crippen molar-refractivity contribution in [2.75, 3.05) is 30.9 Å². The third-order valence-electron chi connectivity index (χ3n) is 4.63. The van der Waals surface area contributed by atoms with Crippen molar-refractivity contribution in [1.82, 2.24) is 15.1 Å².